The van der Waals surface area contributed by atoms with Crippen LogP contribution in [0.15, 0.2) is 17.4 Å². The van der Waals surface area contributed by atoms with Crippen LogP contribution in [0.3, 0.4) is 0 Å². The quantitative estimate of drug-likeness (QED) is 0.613. The maximum Gasteiger partial charge on any atom is 0.187 e. The van der Waals surface area contributed by atoms with Gasteiger partial charge in [0.2, 0.25) is 0 Å². The highest BCUT2D eigenvalue weighted by molar-refractivity contribution is 7.99. The largest absolute Gasteiger partial charge is 0.330 e. The molecule has 1 aromatic heterocycles. The molecule has 0 bridgehead atoms. The fourth-order valence-electron chi connectivity index (χ4n) is 1.66. The van der Waals surface area contributed by atoms with Gasteiger partial charge in [0.1, 0.15) is 0 Å². The van der Waals surface area contributed by atoms with Gasteiger partial charge in [0.05, 0.1) is 0 Å². The van der Waals surface area contributed by atoms with Crippen LogP contribution in [0.2, 0.25) is 0 Å². The van der Waals surface area contributed by atoms with Crippen LogP contribution in [-0.4, -0.2) is 22.3 Å². The van der Waals surface area contributed by atoms with Gasteiger partial charge in [-0.2, -0.15) is 0 Å². The van der Waals surface area contributed by atoms with Crippen LogP contribution in [-0.2, 0) is 0 Å². The Morgan fingerprint density at radius 1 is 1.53 bits per heavy atom. The van der Waals surface area contributed by atoms with Crippen LogP contribution in [0.1, 0.15) is 25.0 Å². The van der Waals surface area contributed by atoms with Crippen LogP contribution in [0.4, 0.5) is 0 Å². The van der Waals surface area contributed by atoms with Crippen molar-refractivity contribution in [3.8, 4) is 0 Å². The van der Waals surface area contributed by atoms with Crippen LogP contribution >= 0.6 is 11.8 Å². The maximum atomic E-state index is 5.61. The molecule has 1 aliphatic rings. The summed E-state index contributed by atoms with van der Waals surface area (Å²) >= 11 is 1.77. The first-order valence-electron chi connectivity index (χ1n) is 5.37. The fourth-order valence-corrected chi connectivity index (χ4v) is 2.87. The Hall–Kier alpha value is -0.610. The van der Waals surface area contributed by atoms with Crippen molar-refractivity contribution in [2.45, 2.75) is 31.3 Å². The minimum absolute atomic E-state index is 0.506. The van der Waals surface area contributed by atoms with Gasteiger partial charge in [0, 0.05) is 17.6 Å². The number of aromatic nitrogens is 2. The zero-order valence-corrected chi connectivity index (χ0v) is 9.89. The minimum atomic E-state index is 0.506. The van der Waals surface area contributed by atoms with E-state index < -0.39 is 0 Å². The molecule has 0 spiro atoms. The number of nitrogens with two attached hydrogens (primary N) is 1. The second-order valence-corrected chi connectivity index (χ2v) is 5.25. The first-order chi connectivity index (χ1) is 7.24. The predicted octanol–water partition coefficient (Wildman–Crippen LogP) is 2.01. The number of hydrogen-bond donors (Lipinski definition) is 1. The van der Waals surface area contributed by atoms with E-state index in [0.717, 1.165) is 29.6 Å². The number of aryl methyl sites for hydroxylation is 1. The van der Waals surface area contributed by atoms with E-state index in [-0.39, 0.29) is 0 Å². The lowest BCUT2D eigenvalue weighted by Crippen LogP contribution is -2.11. The highest BCUT2D eigenvalue weighted by atomic mass is 32.2. The Balaban J connectivity index is 1.88. The van der Waals surface area contributed by atoms with Crippen LogP contribution < -0.4 is 5.73 Å². The average Bonchev–Trinajstić information content (AvgIpc) is 2.97. The zero-order valence-electron chi connectivity index (χ0n) is 9.07. The Morgan fingerprint density at radius 2 is 2.33 bits per heavy atom. The van der Waals surface area contributed by atoms with Gasteiger partial charge < -0.3 is 5.73 Å². The normalized spacial score (nSPS) is 17.7. The molecule has 1 aliphatic carbocycles. The molecule has 0 saturated heterocycles. The van der Waals surface area contributed by atoms with Gasteiger partial charge in [0.25, 0.3) is 0 Å². The molecule has 1 fully saturated rings. The summed E-state index contributed by atoms with van der Waals surface area (Å²) < 4.78 is 0. The monoisotopic (exact) mass is 223 g/mol. The fraction of sp³-hybridized carbons (Fsp3) is 0.636. The van der Waals surface area contributed by atoms with Crippen molar-refractivity contribution in [1.82, 2.24) is 9.97 Å². The van der Waals surface area contributed by atoms with Crippen molar-refractivity contribution in [1.29, 1.82) is 0 Å². The first-order valence-corrected chi connectivity index (χ1v) is 6.35. The van der Waals surface area contributed by atoms with E-state index in [0.29, 0.717) is 5.41 Å². The molecule has 1 heterocycles. The summed E-state index contributed by atoms with van der Waals surface area (Å²) in [6.45, 7) is 2.80. The van der Waals surface area contributed by atoms with E-state index in [9.17, 15) is 0 Å². The third kappa shape index (κ3) is 2.92. The summed E-state index contributed by atoms with van der Waals surface area (Å²) in [5, 5.41) is 0.901. The third-order valence-corrected chi connectivity index (χ3v) is 4.12. The predicted molar refractivity (Wildman–Crippen MR) is 62.8 cm³/mol. The van der Waals surface area contributed by atoms with E-state index in [1.165, 1.54) is 12.8 Å². The van der Waals surface area contributed by atoms with Gasteiger partial charge in [0.15, 0.2) is 5.16 Å². The summed E-state index contributed by atoms with van der Waals surface area (Å²) in [5.41, 5.74) is 7.15. The van der Waals surface area contributed by atoms with Gasteiger partial charge in [-0.1, -0.05) is 11.8 Å². The van der Waals surface area contributed by atoms with E-state index in [1.807, 2.05) is 19.2 Å². The van der Waals surface area contributed by atoms with E-state index in [2.05, 4.69) is 9.97 Å². The van der Waals surface area contributed by atoms with Gasteiger partial charge >= 0.3 is 0 Å². The minimum Gasteiger partial charge on any atom is -0.330 e. The molecule has 15 heavy (non-hydrogen) atoms. The Labute approximate surface area is 94.9 Å². The van der Waals surface area contributed by atoms with Gasteiger partial charge in [-0.15, -0.1) is 0 Å². The Bertz CT molecular complexity index is 336. The highest BCUT2D eigenvalue weighted by Crippen LogP contribution is 2.51. The zero-order chi connectivity index (χ0) is 10.7. The highest BCUT2D eigenvalue weighted by Gasteiger charge is 2.41. The topological polar surface area (TPSA) is 51.8 Å². The molecule has 0 aliphatic heterocycles. The molecular weight excluding hydrogens is 206 g/mol. The van der Waals surface area contributed by atoms with Crippen molar-refractivity contribution in [2.24, 2.45) is 11.1 Å². The molecule has 3 nitrogen and oxygen atoms in total. The summed E-state index contributed by atoms with van der Waals surface area (Å²) in [6.07, 6.45) is 5.62. The standard InChI is InChI=1S/C11H17N3S/c1-9-2-7-13-10(14-9)15-8-11(3-4-11)5-6-12/h2,7H,3-6,8,12H2,1H3. The lowest BCUT2D eigenvalue weighted by Gasteiger charge is -2.11. The van der Waals surface area contributed by atoms with Crippen LogP contribution in [0.5, 0.6) is 0 Å². The van der Waals surface area contributed by atoms with Gasteiger partial charge in [-0.25, -0.2) is 9.97 Å². The third-order valence-electron chi connectivity index (χ3n) is 2.91. The van der Waals surface area contributed by atoms with Crippen LogP contribution in [0.25, 0.3) is 0 Å². The molecule has 0 radical (unpaired) electrons. The van der Waals surface area contributed by atoms with E-state index in [4.69, 9.17) is 5.73 Å². The molecule has 0 unspecified atom stereocenters. The molecular formula is C11H17N3S. The summed E-state index contributed by atoms with van der Waals surface area (Å²) in [4.78, 5) is 8.64. The summed E-state index contributed by atoms with van der Waals surface area (Å²) in [7, 11) is 0. The maximum absolute atomic E-state index is 5.61. The second kappa shape index (κ2) is 4.49. The number of nitrogens with zero attached hydrogens (tertiary/aromatic N) is 2. The summed E-state index contributed by atoms with van der Waals surface area (Å²) in [5.74, 6) is 1.12. The molecule has 2 N–H and O–H groups in total. The van der Waals surface area contributed by atoms with Crippen molar-refractivity contribution in [3.63, 3.8) is 0 Å². The molecule has 0 atom stereocenters. The van der Waals surface area contributed by atoms with Gasteiger partial charge in [-0.3, -0.25) is 0 Å². The van der Waals surface area contributed by atoms with Crippen LogP contribution in [0, 0.1) is 12.3 Å². The Kier molecular flexibility index (Phi) is 3.26. The lowest BCUT2D eigenvalue weighted by atomic mass is 10.1. The summed E-state index contributed by atoms with van der Waals surface area (Å²) in [6, 6.07) is 1.93. The van der Waals surface area contributed by atoms with Crippen molar-refractivity contribution in [2.75, 3.05) is 12.3 Å². The second-order valence-electron chi connectivity index (χ2n) is 4.31. The molecule has 1 aromatic rings. The molecule has 4 heteroatoms. The Morgan fingerprint density at radius 3 is 2.93 bits per heavy atom. The van der Waals surface area contributed by atoms with Crippen molar-refractivity contribution in [3.05, 3.63) is 18.0 Å². The van der Waals surface area contributed by atoms with E-state index in [1.54, 1.807) is 11.8 Å². The van der Waals surface area contributed by atoms with E-state index >= 15 is 0 Å². The molecule has 1 saturated carbocycles. The molecule has 0 amide bonds. The smallest absolute Gasteiger partial charge is 0.187 e. The first kappa shape index (κ1) is 10.9. The van der Waals surface area contributed by atoms with Crippen molar-refractivity contribution >= 4 is 11.8 Å². The van der Waals surface area contributed by atoms with Crippen molar-refractivity contribution < 1.29 is 0 Å². The molecule has 2 rings (SSSR count). The average molecular weight is 223 g/mol. The number of thioether (sulfide) groups is 1. The number of hydrogen-bond acceptors (Lipinski definition) is 4. The lowest BCUT2D eigenvalue weighted by molar-refractivity contribution is 0.537. The molecule has 0 aromatic carbocycles. The number of rotatable bonds is 5. The van der Waals surface area contributed by atoms with Gasteiger partial charge in [-0.05, 0) is 44.2 Å². The SMILES string of the molecule is Cc1ccnc(SCC2(CCN)CC2)n1. The molecule has 82 valence electrons.